The van der Waals surface area contributed by atoms with Crippen molar-refractivity contribution < 1.29 is 34.8 Å². The van der Waals surface area contributed by atoms with E-state index in [2.05, 4.69) is 5.32 Å². The van der Waals surface area contributed by atoms with E-state index in [1.165, 1.54) is 11.0 Å². The van der Waals surface area contributed by atoms with Gasteiger partial charge in [0, 0.05) is 24.3 Å². The minimum absolute atomic E-state index is 0.0917. The predicted octanol–water partition coefficient (Wildman–Crippen LogP) is 0.461. The molecule has 10 heteroatoms. The molecular formula is C27H37N3O7. The van der Waals surface area contributed by atoms with E-state index >= 15 is 0 Å². The molecule has 1 fully saturated rings. The summed E-state index contributed by atoms with van der Waals surface area (Å²) in [5.74, 6) is -7.29. The van der Waals surface area contributed by atoms with Crippen molar-refractivity contribution in [2.45, 2.75) is 57.4 Å². The van der Waals surface area contributed by atoms with Gasteiger partial charge in [-0.05, 0) is 37.1 Å². The third kappa shape index (κ3) is 3.89. The van der Waals surface area contributed by atoms with Gasteiger partial charge in [-0.15, -0.1) is 0 Å². The average molecular weight is 516 g/mol. The molecule has 1 saturated carbocycles. The topological polar surface area (TPSA) is 173 Å². The van der Waals surface area contributed by atoms with E-state index in [0.29, 0.717) is 5.56 Å². The average Bonchev–Trinajstić information content (AvgIpc) is 2.77. The number of fused-ring (bicyclic) bond motifs is 3. The van der Waals surface area contributed by atoms with Crippen LogP contribution in [0, 0.1) is 23.2 Å². The third-order valence-corrected chi connectivity index (χ3v) is 8.33. The number of ketones is 2. The predicted molar refractivity (Wildman–Crippen MR) is 135 cm³/mol. The van der Waals surface area contributed by atoms with Gasteiger partial charge in [-0.25, -0.2) is 0 Å². The number of rotatable bonds is 4. The Hall–Kier alpha value is -2.79. The lowest BCUT2D eigenvalue weighted by atomic mass is 9.49. The van der Waals surface area contributed by atoms with Gasteiger partial charge in [-0.1, -0.05) is 39.8 Å². The smallest absolute Gasteiger partial charge is 0.255 e. The molecule has 10 nitrogen and oxygen atoms in total. The maximum Gasteiger partial charge on any atom is 0.255 e. The highest BCUT2D eigenvalue weighted by atomic mass is 16.3. The van der Waals surface area contributed by atoms with E-state index in [4.69, 9.17) is 5.73 Å². The molecule has 0 radical (unpaired) electrons. The Labute approximate surface area is 216 Å². The summed E-state index contributed by atoms with van der Waals surface area (Å²) in [4.78, 5) is 41.7. The number of benzene rings is 1. The molecule has 0 aliphatic heterocycles. The Kier molecular flexibility index (Phi) is 6.56. The number of nitrogens with one attached hydrogen (secondary N) is 1. The van der Waals surface area contributed by atoms with Crippen molar-refractivity contribution >= 4 is 17.5 Å². The largest absolute Gasteiger partial charge is 0.510 e. The molecule has 0 saturated heterocycles. The van der Waals surface area contributed by atoms with E-state index in [-0.39, 0.29) is 23.3 Å². The standard InChI is InChI=1S/C27H37N3O7/c1-11-12-8-7-9-13(31)15(12)20(32)16-14(11)21(33)18-19(30(5)6)22(34)17(25(28)36)24(35)27(18,37)23(16)29-10-26(2,3)4/h7-9,11,14,16,18-19,21,23,29,31,33-34,37H,10H2,1-6H3,(H2,28,36)/t11-,14+,16?,18+,19-,21-,23?,27-/m0/s1. The number of likely N-dealkylation sites (N-methyl/N-ethyl adjacent to an activating group) is 1. The van der Waals surface area contributed by atoms with Gasteiger partial charge in [0.1, 0.15) is 17.1 Å². The molecule has 7 N–H and O–H groups in total. The summed E-state index contributed by atoms with van der Waals surface area (Å²) in [5, 5.41) is 49.1. The van der Waals surface area contributed by atoms with Gasteiger partial charge in [-0.3, -0.25) is 19.3 Å². The number of hydrogen-bond donors (Lipinski definition) is 6. The zero-order chi connectivity index (χ0) is 27.8. The number of aliphatic hydroxyl groups is 3. The number of aromatic hydroxyl groups is 1. The van der Waals surface area contributed by atoms with Crippen LogP contribution in [0.1, 0.15) is 49.5 Å². The van der Waals surface area contributed by atoms with Crippen LogP contribution in [0.15, 0.2) is 29.5 Å². The zero-order valence-electron chi connectivity index (χ0n) is 22.0. The van der Waals surface area contributed by atoms with Crippen molar-refractivity contribution in [3.63, 3.8) is 0 Å². The van der Waals surface area contributed by atoms with Crippen molar-refractivity contribution in [1.82, 2.24) is 10.2 Å². The second-order valence-electron chi connectivity index (χ2n) is 12.1. The van der Waals surface area contributed by atoms with Crippen LogP contribution in [0.25, 0.3) is 0 Å². The third-order valence-electron chi connectivity index (χ3n) is 8.33. The summed E-state index contributed by atoms with van der Waals surface area (Å²) in [6, 6.07) is 2.37. The lowest BCUT2D eigenvalue weighted by molar-refractivity contribution is -0.192. The molecule has 202 valence electrons. The molecule has 37 heavy (non-hydrogen) atoms. The van der Waals surface area contributed by atoms with Gasteiger partial charge < -0.3 is 31.5 Å². The molecule has 0 bridgehead atoms. The quantitative estimate of drug-likeness (QED) is 0.311. The fourth-order valence-electron chi connectivity index (χ4n) is 6.79. The van der Waals surface area contributed by atoms with E-state index in [1.54, 1.807) is 26.2 Å². The highest BCUT2D eigenvalue weighted by Gasteiger charge is 2.70. The number of phenolic OH excluding ortho intramolecular Hbond substituents is 1. The Morgan fingerprint density at radius 1 is 1.19 bits per heavy atom. The zero-order valence-corrected chi connectivity index (χ0v) is 22.0. The summed E-state index contributed by atoms with van der Waals surface area (Å²) < 4.78 is 0. The van der Waals surface area contributed by atoms with Crippen LogP contribution >= 0.6 is 0 Å². The lowest BCUT2D eigenvalue weighted by Crippen LogP contribution is -2.78. The number of primary amides is 1. The van der Waals surface area contributed by atoms with Gasteiger partial charge in [0.2, 0.25) is 5.78 Å². The van der Waals surface area contributed by atoms with Crippen LogP contribution in [0.5, 0.6) is 5.75 Å². The van der Waals surface area contributed by atoms with Crippen LogP contribution in [0.3, 0.4) is 0 Å². The highest BCUT2D eigenvalue weighted by molar-refractivity contribution is 6.23. The van der Waals surface area contributed by atoms with Crippen molar-refractivity contribution in [3.8, 4) is 5.75 Å². The van der Waals surface area contributed by atoms with Crippen molar-refractivity contribution in [1.29, 1.82) is 0 Å². The van der Waals surface area contributed by atoms with E-state index in [9.17, 15) is 34.8 Å². The van der Waals surface area contributed by atoms with Crippen LogP contribution in [-0.2, 0) is 9.59 Å². The minimum atomic E-state index is -2.46. The first-order valence-electron chi connectivity index (χ1n) is 12.5. The molecule has 1 amide bonds. The Balaban J connectivity index is 2.02. The lowest BCUT2D eigenvalue weighted by Gasteiger charge is -2.60. The van der Waals surface area contributed by atoms with Gasteiger partial charge in [0.15, 0.2) is 11.4 Å². The number of amides is 1. The molecule has 0 spiro atoms. The van der Waals surface area contributed by atoms with Crippen molar-refractivity contribution in [3.05, 3.63) is 40.7 Å². The monoisotopic (exact) mass is 515 g/mol. The van der Waals surface area contributed by atoms with Crippen LogP contribution < -0.4 is 11.1 Å². The molecule has 4 rings (SSSR count). The van der Waals surface area contributed by atoms with Gasteiger partial charge >= 0.3 is 0 Å². The first-order chi connectivity index (χ1) is 17.1. The number of hydrogen-bond acceptors (Lipinski definition) is 9. The fraction of sp³-hybridized carbons (Fsp3) is 0.593. The van der Waals surface area contributed by atoms with Crippen molar-refractivity contribution in [2.75, 3.05) is 20.6 Å². The number of Topliss-reactive ketones (excluding diaryl/α,β-unsaturated/α-hetero) is 2. The number of carbonyl (C=O) groups is 3. The summed E-state index contributed by atoms with van der Waals surface area (Å²) >= 11 is 0. The Bertz CT molecular complexity index is 1190. The summed E-state index contributed by atoms with van der Waals surface area (Å²) in [6.07, 6.45) is -1.43. The highest BCUT2D eigenvalue weighted by Crippen LogP contribution is 2.56. The number of aliphatic hydroxyl groups excluding tert-OH is 2. The SMILES string of the molecule is C[C@H]1c2cccc(O)c2C(=O)C2C(NCC(C)(C)C)[C@]3(O)C(=O)C(C(N)=O)=C(O)[C@@H](N(C)C)[C@@H]3[C@@H](O)[C@@H]21. The maximum atomic E-state index is 14.0. The fourth-order valence-corrected chi connectivity index (χ4v) is 6.79. The van der Waals surface area contributed by atoms with E-state index in [1.807, 2.05) is 27.7 Å². The number of carbonyl (C=O) groups excluding carboxylic acids is 3. The summed E-state index contributed by atoms with van der Waals surface area (Å²) in [5.41, 5.74) is 2.60. The first kappa shape index (κ1) is 27.3. The molecule has 8 atom stereocenters. The summed E-state index contributed by atoms with van der Waals surface area (Å²) in [6.45, 7) is 7.93. The minimum Gasteiger partial charge on any atom is -0.510 e. The molecule has 3 aliphatic rings. The van der Waals surface area contributed by atoms with Crippen LogP contribution in [0.4, 0.5) is 0 Å². The normalized spacial score (nSPS) is 35.8. The maximum absolute atomic E-state index is 14.0. The first-order valence-corrected chi connectivity index (χ1v) is 12.5. The molecule has 1 aromatic rings. The van der Waals surface area contributed by atoms with Crippen LogP contribution in [-0.4, -0.2) is 87.2 Å². The van der Waals surface area contributed by atoms with E-state index in [0.717, 1.165) is 0 Å². The number of phenols is 1. The second-order valence-corrected chi connectivity index (χ2v) is 12.1. The molecule has 1 aromatic carbocycles. The van der Waals surface area contributed by atoms with Gasteiger partial charge in [0.05, 0.1) is 23.8 Å². The Morgan fingerprint density at radius 2 is 1.81 bits per heavy atom. The molecular weight excluding hydrogens is 478 g/mol. The Morgan fingerprint density at radius 3 is 2.35 bits per heavy atom. The molecule has 0 heterocycles. The van der Waals surface area contributed by atoms with E-state index < -0.39 is 76.3 Å². The number of nitrogens with two attached hydrogens (primary N) is 1. The van der Waals surface area contributed by atoms with Gasteiger partial charge in [0.25, 0.3) is 5.91 Å². The number of nitrogens with zero attached hydrogens (tertiary/aromatic N) is 1. The molecule has 2 unspecified atom stereocenters. The molecule has 3 aliphatic carbocycles. The molecule has 0 aromatic heterocycles. The van der Waals surface area contributed by atoms with Crippen molar-refractivity contribution in [2.24, 2.45) is 28.9 Å². The van der Waals surface area contributed by atoms with Gasteiger partial charge in [-0.2, -0.15) is 0 Å². The van der Waals surface area contributed by atoms with Crippen LogP contribution in [0.2, 0.25) is 0 Å². The second kappa shape index (κ2) is 8.90. The summed E-state index contributed by atoms with van der Waals surface area (Å²) in [7, 11) is 3.18.